The fourth-order valence-corrected chi connectivity index (χ4v) is 1.66. The molecule has 13 heavy (non-hydrogen) atoms. The van der Waals surface area contributed by atoms with Gasteiger partial charge in [0.15, 0.2) is 0 Å². The lowest BCUT2D eigenvalue weighted by Crippen LogP contribution is -1.97. The van der Waals surface area contributed by atoms with E-state index in [9.17, 15) is 16.7 Å². The highest BCUT2D eigenvalue weighted by Gasteiger charge is 2.09. The predicted molar refractivity (Wildman–Crippen MR) is 44.9 cm³/mol. The maximum atomic E-state index is 12.7. The van der Waals surface area contributed by atoms with Crippen LogP contribution in [0.15, 0.2) is 18.2 Å². The van der Waals surface area contributed by atoms with E-state index in [1.165, 1.54) is 12.1 Å². The van der Waals surface area contributed by atoms with Gasteiger partial charge in [0.05, 0.1) is 0 Å². The lowest BCUT2D eigenvalue weighted by atomic mass is 10.1. The minimum atomic E-state index is -4.58. The maximum absolute atomic E-state index is 12.7. The summed E-state index contributed by atoms with van der Waals surface area (Å²) in [6.45, 7) is 1.61. The third-order valence-electron chi connectivity index (χ3n) is 1.44. The fourth-order valence-electron chi connectivity index (χ4n) is 1.09. The molecule has 0 fully saturated rings. The molecular weight excluding hydrogens is 198 g/mol. The minimum absolute atomic E-state index is 0.125. The zero-order valence-electron chi connectivity index (χ0n) is 6.92. The highest BCUT2D eigenvalue weighted by atomic mass is 32.3. The number of hydrogen-bond acceptors (Lipinski definition) is 2. The summed E-state index contributed by atoms with van der Waals surface area (Å²) in [6, 6.07) is 3.68. The first-order chi connectivity index (χ1) is 5.87. The molecule has 0 amide bonds. The van der Waals surface area contributed by atoms with Crippen LogP contribution in [0.4, 0.5) is 8.28 Å². The second-order valence-corrected chi connectivity index (χ2v) is 4.19. The van der Waals surface area contributed by atoms with Crippen molar-refractivity contribution in [1.29, 1.82) is 0 Å². The van der Waals surface area contributed by atoms with Crippen molar-refractivity contribution in [3.05, 3.63) is 35.1 Å². The molecule has 72 valence electrons. The first kappa shape index (κ1) is 10.1. The van der Waals surface area contributed by atoms with Gasteiger partial charge >= 0.3 is 10.2 Å². The molecule has 1 aromatic rings. The molecule has 0 N–H and O–H groups in total. The average Bonchev–Trinajstić information content (AvgIpc) is 1.78. The summed E-state index contributed by atoms with van der Waals surface area (Å²) in [7, 11) is -4.58. The van der Waals surface area contributed by atoms with Crippen molar-refractivity contribution in [2.24, 2.45) is 0 Å². The molecule has 0 saturated carbocycles. The van der Waals surface area contributed by atoms with Crippen molar-refractivity contribution in [3.63, 3.8) is 0 Å². The van der Waals surface area contributed by atoms with E-state index in [4.69, 9.17) is 0 Å². The van der Waals surface area contributed by atoms with Crippen LogP contribution < -0.4 is 0 Å². The fraction of sp³-hybridized carbons (Fsp3) is 0.250. The molecule has 1 aromatic carbocycles. The van der Waals surface area contributed by atoms with E-state index in [-0.39, 0.29) is 5.56 Å². The number of aryl methyl sites for hydroxylation is 1. The van der Waals surface area contributed by atoms with Crippen molar-refractivity contribution < 1.29 is 16.7 Å². The Bertz CT molecular complexity index is 392. The summed E-state index contributed by atoms with van der Waals surface area (Å²) < 4.78 is 45.3. The van der Waals surface area contributed by atoms with Crippen molar-refractivity contribution in [2.75, 3.05) is 0 Å². The SMILES string of the molecule is Cc1cc(F)cc(CS(=O)(=O)F)c1. The Labute approximate surface area is 75.4 Å². The second-order valence-electron chi connectivity index (χ2n) is 2.82. The summed E-state index contributed by atoms with van der Waals surface area (Å²) in [6.07, 6.45) is 0. The van der Waals surface area contributed by atoms with Gasteiger partial charge in [0.1, 0.15) is 11.6 Å². The molecule has 0 aliphatic heterocycles. The van der Waals surface area contributed by atoms with Crippen LogP contribution in [0.1, 0.15) is 11.1 Å². The first-order valence-electron chi connectivity index (χ1n) is 3.55. The summed E-state index contributed by atoms with van der Waals surface area (Å²) >= 11 is 0. The van der Waals surface area contributed by atoms with Gasteiger partial charge in [-0.2, -0.15) is 8.42 Å². The standard InChI is InChI=1S/C8H8F2O2S/c1-6-2-7(4-8(9)3-6)5-13(10,11)12/h2-4H,5H2,1H3. The average molecular weight is 206 g/mol. The summed E-state index contributed by atoms with van der Waals surface area (Å²) in [5.74, 6) is -1.33. The molecular formula is C8H8F2O2S. The van der Waals surface area contributed by atoms with Gasteiger partial charge in [-0.1, -0.05) is 6.07 Å². The quantitative estimate of drug-likeness (QED) is 0.693. The highest BCUT2D eigenvalue weighted by Crippen LogP contribution is 2.12. The van der Waals surface area contributed by atoms with Crippen LogP contribution in [0.2, 0.25) is 0 Å². The lowest BCUT2D eigenvalue weighted by molar-refractivity contribution is 0.551. The van der Waals surface area contributed by atoms with Gasteiger partial charge in [0, 0.05) is 0 Å². The van der Waals surface area contributed by atoms with E-state index in [0.29, 0.717) is 5.56 Å². The van der Waals surface area contributed by atoms with Crippen LogP contribution in [-0.2, 0) is 16.0 Å². The first-order valence-corrected chi connectivity index (χ1v) is 5.10. The van der Waals surface area contributed by atoms with Crippen LogP contribution in [0.5, 0.6) is 0 Å². The highest BCUT2D eigenvalue weighted by molar-refractivity contribution is 7.85. The van der Waals surface area contributed by atoms with Gasteiger partial charge in [0.2, 0.25) is 0 Å². The van der Waals surface area contributed by atoms with E-state index in [1.54, 1.807) is 6.92 Å². The van der Waals surface area contributed by atoms with Crippen LogP contribution in [-0.4, -0.2) is 8.42 Å². The smallest absolute Gasteiger partial charge is 0.207 e. The van der Waals surface area contributed by atoms with Crippen LogP contribution in [0.3, 0.4) is 0 Å². The minimum Gasteiger partial charge on any atom is -0.207 e. The van der Waals surface area contributed by atoms with Crippen molar-refractivity contribution >= 4 is 10.2 Å². The summed E-state index contributed by atoms with van der Waals surface area (Å²) in [5.41, 5.74) is 0.693. The van der Waals surface area contributed by atoms with Gasteiger partial charge in [-0.05, 0) is 30.2 Å². The molecule has 1 rings (SSSR count). The van der Waals surface area contributed by atoms with Crippen LogP contribution in [0.25, 0.3) is 0 Å². The maximum Gasteiger partial charge on any atom is 0.306 e. The van der Waals surface area contributed by atoms with Crippen molar-refractivity contribution in [1.82, 2.24) is 0 Å². The van der Waals surface area contributed by atoms with Crippen LogP contribution >= 0.6 is 0 Å². The Morgan fingerprint density at radius 1 is 1.31 bits per heavy atom. The molecule has 5 heteroatoms. The van der Waals surface area contributed by atoms with E-state index in [2.05, 4.69) is 0 Å². The number of hydrogen-bond donors (Lipinski definition) is 0. The Morgan fingerprint density at radius 2 is 1.92 bits per heavy atom. The Balaban J connectivity index is 3.03. The zero-order chi connectivity index (χ0) is 10.1. The van der Waals surface area contributed by atoms with Gasteiger partial charge in [-0.25, -0.2) is 4.39 Å². The second kappa shape index (κ2) is 3.41. The Kier molecular flexibility index (Phi) is 2.66. The Morgan fingerprint density at radius 3 is 2.38 bits per heavy atom. The molecule has 2 nitrogen and oxygen atoms in total. The molecule has 0 saturated heterocycles. The Hall–Kier alpha value is -0.970. The molecule has 0 aliphatic carbocycles. The number of rotatable bonds is 2. The molecule has 0 heterocycles. The normalized spacial score (nSPS) is 11.6. The van der Waals surface area contributed by atoms with E-state index < -0.39 is 21.8 Å². The zero-order valence-corrected chi connectivity index (χ0v) is 7.74. The third-order valence-corrected chi connectivity index (χ3v) is 2.12. The molecule has 0 aliphatic rings. The molecule has 0 spiro atoms. The number of benzene rings is 1. The predicted octanol–water partition coefficient (Wildman–Crippen LogP) is 1.93. The van der Waals surface area contributed by atoms with E-state index in [1.807, 2.05) is 0 Å². The lowest BCUT2D eigenvalue weighted by Gasteiger charge is -1.99. The van der Waals surface area contributed by atoms with Gasteiger partial charge in [-0.15, -0.1) is 3.89 Å². The largest absolute Gasteiger partial charge is 0.306 e. The molecule has 0 radical (unpaired) electrons. The third kappa shape index (κ3) is 3.50. The van der Waals surface area contributed by atoms with Gasteiger partial charge in [0.25, 0.3) is 0 Å². The molecule has 0 aromatic heterocycles. The van der Waals surface area contributed by atoms with Gasteiger partial charge in [-0.3, -0.25) is 0 Å². The van der Waals surface area contributed by atoms with Crippen LogP contribution in [0, 0.1) is 12.7 Å². The van der Waals surface area contributed by atoms with Gasteiger partial charge < -0.3 is 0 Å². The van der Waals surface area contributed by atoms with E-state index in [0.717, 1.165) is 6.07 Å². The monoisotopic (exact) mass is 206 g/mol. The molecule has 0 atom stereocenters. The van der Waals surface area contributed by atoms with Crippen molar-refractivity contribution in [3.8, 4) is 0 Å². The number of halogens is 2. The molecule has 0 unspecified atom stereocenters. The topological polar surface area (TPSA) is 34.1 Å². The summed E-state index contributed by atoms with van der Waals surface area (Å²) in [5, 5.41) is 0. The van der Waals surface area contributed by atoms with Crippen molar-refractivity contribution in [2.45, 2.75) is 12.7 Å². The summed E-state index contributed by atoms with van der Waals surface area (Å²) in [4.78, 5) is 0. The van der Waals surface area contributed by atoms with E-state index >= 15 is 0 Å². The molecule has 0 bridgehead atoms.